The van der Waals surface area contributed by atoms with E-state index in [2.05, 4.69) is 15.4 Å². The second-order valence-corrected chi connectivity index (χ2v) is 4.64. The van der Waals surface area contributed by atoms with Crippen LogP contribution >= 0.6 is 0 Å². The number of hydrogen-bond acceptors (Lipinski definition) is 4. The molecule has 1 fully saturated rings. The van der Waals surface area contributed by atoms with E-state index in [1.807, 2.05) is 0 Å². The van der Waals surface area contributed by atoms with Crippen molar-refractivity contribution in [1.29, 1.82) is 0 Å². The van der Waals surface area contributed by atoms with Gasteiger partial charge in [-0.1, -0.05) is 0 Å². The summed E-state index contributed by atoms with van der Waals surface area (Å²) >= 11 is 0. The Morgan fingerprint density at radius 1 is 1.40 bits per heavy atom. The Labute approximate surface area is 113 Å². The summed E-state index contributed by atoms with van der Waals surface area (Å²) in [5, 5.41) is 6.44. The molecule has 0 bridgehead atoms. The van der Waals surface area contributed by atoms with Crippen molar-refractivity contribution >= 4 is 17.4 Å². The molecule has 0 saturated heterocycles. The molecule has 0 radical (unpaired) electrons. The molecule has 3 rings (SSSR count). The molecule has 1 aliphatic carbocycles. The minimum atomic E-state index is -0.516. The van der Waals surface area contributed by atoms with Gasteiger partial charge in [0, 0.05) is 18.5 Å². The SMILES string of the molecule is O=C1CC(C(=O)Nc2ccc(-n3cncn3)c(F)c2)C1. The number of anilines is 1. The van der Waals surface area contributed by atoms with E-state index in [1.165, 1.54) is 29.5 Å². The van der Waals surface area contributed by atoms with Crippen LogP contribution in [0, 0.1) is 11.7 Å². The maximum absolute atomic E-state index is 13.9. The molecule has 1 heterocycles. The number of carbonyl (C=O) groups excluding carboxylic acids is 2. The molecule has 0 spiro atoms. The van der Waals surface area contributed by atoms with E-state index >= 15 is 0 Å². The molecule has 102 valence electrons. The molecule has 1 amide bonds. The molecule has 1 N–H and O–H groups in total. The van der Waals surface area contributed by atoms with Gasteiger partial charge in [-0.3, -0.25) is 9.59 Å². The fourth-order valence-electron chi connectivity index (χ4n) is 2.02. The first kappa shape index (κ1) is 12.5. The van der Waals surface area contributed by atoms with Crippen molar-refractivity contribution in [2.24, 2.45) is 5.92 Å². The van der Waals surface area contributed by atoms with Crippen LogP contribution in [0.1, 0.15) is 12.8 Å². The zero-order valence-electron chi connectivity index (χ0n) is 10.4. The van der Waals surface area contributed by atoms with E-state index in [-0.39, 0.29) is 36.1 Å². The lowest BCUT2D eigenvalue weighted by Crippen LogP contribution is -2.34. The summed E-state index contributed by atoms with van der Waals surface area (Å²) in [6.45, 7) is 0. The molecule has 1 aliphatic rings. The van der Waals surface area contributed by atoms with Gasteiger partial charge in [0.05, 0.1) is 5.92 Å². The van der Waals surface area contributed by atoms with Gasteiger partial charge in [-0.05, 0) is 18.2 Å². The molecule has 1 aromatic heterocycles. The van der Waals surface area contributed by atoms with E-state index in [1.54, 1.807) is 6.07 Å². The smallest absolute Gasteiger partial charge is 0.228 e. The number of ketones is 1. The van der Waals surface area contributed by atoms with E-state index in [0.29, 0.717) is 5.69 Å². The summed E-state index contributed by atoms with van der Waals surface area (Å²) in [4.78, 5) is 26.3. The van der Waals surface area contributed by atoms with E-state index in [4.69, 9.17) is 0 Å². The van der Waals surface area contributed by atoms with Crippen molar-refractivity contribution in [2.45, 2.75) is 12.8 Å². The molecule has 20 heavy (non-hydrogen) atoms. The zero-order chi connectivity index (χ0) is 14.1. The Morgan fingerprint density at radius 3 is 2.80 bits per heavy atom. The normalized spacial score (nSPS) is 14.9. The highest BCUT2D eigenvalue weighted by atomic mass is 19.1. The van der Waals surface area contributed by atoms with Gasteiger partial charge < -0.3 is 5.32 Å². The molecule has 7 heteroatoms. The van der Waals surface area contributed by atoms with Gasteiger partial charge in [-0.2, -0.15) is 5.10 Å². The standard InChI is InChI=1S/C13H11FN4O2/c14-11-5-9(17-13(20)8-3-10(19)4-8)1-2-12(11)18-7-15-6-16-18/h1-2,5-8H,3-4H2,(H,17,20). The third-order valence-electron chi connectivity index (χ3n) is 3.20. The molecule has 0 atom stereocenters. The quantitative estimate of drug-likeness (QED) is 0.915. The average Bonchev–Trinajstić information content (AvgIpc) is 2.88. The van der Waals surface area contributed by atoms with Crippen molar-refractivity contribution < 1.29 is 14.0 Å². The van der Waals surface area contributed by atoms with Crippen LogP contribution in [0.5, 0.6) is 0 Å². The number of halogens is 1. The predicted molar refractivity (Wildman–Crippen MR) is 67.7 cm³/mol. The van der Waals surface area contributed by atoms with Crippen LogP contribution in [0.4, 0.5) is 10.1 Å². The molecular formula is C13H11FN4O2. The number of nitrogens with zero attached hydrogens (tertiary/aromatic N) is 3. The second-order valence-electron chi connectivity index (χ2n) is 4.64. The summed E-state index contributed by atoms with van der Waals surface area (Å²) in [5.41, 5.74) is 0.607. The van der Waals surface area contributed by atoms with Gasteiger partial charge in [0.15, 0.2) is 5.82 Å². The number of rotatable bonds is 3. The molecule has 1 saturated carbocycles. The Hall–Kier alpha value is -2.57. The number of aromatic nitrogens is 3. The predicted octanol–water partition coefficient (Wildman–Crippen LogP) is 1.32. The lowest BCUT2D eigenvalue weighted by Gasteiger charge is -2.22. The second kappa shape index (κ2) is 4.84. The van der Waals surface area contributed by atoms with Gasteiger partial charge in [-0.25, -0.2) is 14.1 Å². The number of carbonyl (C=O) groups is 2. The van der Waals surface area contributed by atoms with Crippen LogP contribution in [-0.2, 0) is 9.59 Å². The number of nitrogens with one attached hydrogen (secondary N) is 1. The molecule has 6 nitrogen and oxygen atoms in total. The van der Waals surface area contributed by atoms with Crippen molar-refractivity contribution in [1.82, 2.24) is 14.8 Å². The maximum Gasteiger partial charge on any atom is 0.228 e. The summed E-state index contributed by atoms with van der Waals surface area (Å²) in [6.07, 6.45) is 3.23. The minimum Gasteiger partial charge on any atom is -0.326 e. The molecular weight excluding hydrogens is 263 g/mol. The molecule has 0 aliphatic heterocycles. The van der Waals surface area contributed by atoms with Crippen molar-refractivity contribution in [2.75, 3.05) is 5.32 Å². The van der Waals surface area contributed by atoms with Crippen molar-refractivity contribution in [3.63, 3.8) is 0 Å². The van der Waals surface area contributed by atoms with Gasteiger partial charge in [0.2, 0.25) is 5.91 Å². The number of hydrogen-bond donors (Lipinski definition) is 1. The van der Waals surface area contributed by atoms with Gasteiger partial charge in [0.1, 0.15) is 24.1 Å². The monoisotopic (exact) mass is 274 g/mol. The first-order valence-corrected chi connectivity index (χ1v) is 6.10. The summed E-state index contributed by atoms with van der Waals surface area (Å²) < 4.78 is 15.2. The number of amides is 1. The van der Waals surface area contributed by atoms with Crippen LogP contribution in [0.3, 0.4) is 0 Å². The highest BCUT2D eigenvalue weighted by Crippen LogP contribution is 2.25. The van der Waals surface area contributed by atoms with E-state index < -0.39 is 5.82 Å². The Bertz CT molecular complexity index is 661. The Kier molecular flexibility index (Phi) is 3.02. The Balaban J connectivity index is 1.74. The Morgan fingerprint density at radius 2 is 2.20 bits per heavy atom. The highest BCUT2D eigenvalue weighted by molar-refractivity contribution is 6.02. The van der Waals surface area contributed by atoms with Crippen molar-refractivity contribution in [3.05, 3.63) is 36.7 Å². The van der Waals surface area contributed by atoms with Crippen molar-refractivity contribution in [3.8, 4) is 5.69 Å². The van der Waals surface area contributed by atoms with Gasteiger partial charge in [-0.15, -0.1) is 0 Å². The minimum absolute atomic E-state index is 0.0814. The molecule has 0 unspecified atom stereocenters. The van der Waals surface area contributed by atoms with Gasteiger partial charge in [0.25, 0.3) is 0 Å². The summed E-state index contributed by atoms with van der Waals surface area (Å²) in [5.74, 6) is -0.978. The number of benzene rings is 1. The third-order valence-corrected chi connectivity index (χ3v) is 3.20. The van der Waals surface area contributed by atoms with Crippen LogP contribution in [0.2, 0.25) is 0 Å². The third kappa shape index (κ3) is 2.29. The first-order valence-electron chi connectivity index (χ1n) is 6.10. The maximum atomic E-state index is 13.9. The van der Waals surface area contributed by atoms with Gasteiger partial charge >= 0.3 is 0 Å². The summed E-state index contributed by atoms with van der Waals surface area (Å²) in [7, 11) is 0. The van der Waals surface area contributed by atoms with Crippen LogP contribution in [0.15, 0.2) is 30.9 Å². The van der Waals surface area contributed by atoms with E-state index in [0.717, 1.165) is 0 Å². The highest BCUT2D eigenvalue weighted by Gasteiger charge is 2.32. The summed E-state index contributed by atoms with van der Waals surface area (Å²) in [6, 6.07) is 4.30. The fraction of sp³-hybridized carbons (Fsp3) is 0.231. The zero-order valence-corrected chi connectivity index (χ0v) is 10.4. The topological polar surface area (TPSA) is 76.9 Å². The largest absolute Gasteiger partial charge is 0.326 e. The van der Waals surface area contributed by atoms with Crippen LogP contribution < -0.4 is 5.32 Å². The average molecular weight is 274 g/mol. The van der Waals surface area contributed by atoms with Crippen LogP contribution in [-0.4, -0.2) is 26.5 Å². The van der Waals surface area contributed by atoms with E-state index in [9.17, 15) is 14.0 Å². The molecule has 2 aromatic rings. The fourth-order valence-corrected chi connectivity index (χ4v) is 2.02. The molecule has 1 aromatic carbocycles. The lowest BCUT2D eigenvalue weighted by atomic mass is 9.83. The first-order chi connectivity index (χ1) is 9.63. The van der Waals surface area contributed by atoms with Crippen LogP contribution in [0.25, 0.3) is 5.69 Å². The lowest BCUT2D eigenvalue weighted by molar-refractivity contribution is -0.135. The number of Topliss-reactive ketones (excluding diaryl/α,β-unsaturated/α-hetero) is 1.